The molecule has 9 heteroatoms. The van der Waals surface area contributed by atoms with Crippen molar-refractivity contribution in [3.63, 3.8) is 0 Å². The van der Waals surface area contributed by atoms with Crippen molar-refractivity contribution in [2.24, 2.45) is 10.2 Å². The van der Waals surface area contributed by atoms with Crippen LogP contribution in [0.2, 0.25) is 0 Å². The number of azo groups is 1. The van der Waals surface area contributed by atoms with Crippen LogP contribution in [-0.4, -0.2) is 38.4 Å². The van der Waals surface area contributed by atoms with E-state index < -0.39 is 22.1 Å². The number of esters is 1. The van der Waals surface area contributed by atoms with Crippen molar-refractivity contribution in [3.8, 4) is 0 Å². The smallest absolute Gasteiger partial charge is 0.340 e. The van der Waals surface area contributed by atoms with Gasteiger partial charge in [0.15, 0.2) is 6.29 Å². The van der Waals surface area contributed by atoms with Crippen molar-refractivity contribution in [3.05, 3.63) is 24.3 Å². The third-order valence-corrected chi connectivity index (χ3v) is 2.87. The zero-order chi connectivity index (χ0) is 14.5. The van der Waals surface area contributed by atoms with Gasteiger partial charge in [0.1, 0.15) is 0 Å². The minimum absolute atomic E-state index is 0.211. The number of ether oxygens (including phenoxy) is 1. The van der Waals surface area contributed by atoms with E-state index in [1.807, 2.05) is 0 Å². The van der Waals surface area contributed by atoms with Gasteiger partial charge in [-0.05, 0) is 24.3 Å². The van der Waals surface area contributed by atoms with Gasteiger partial charge >= 0.3 is 5.97 Å². The Morgan fingerprint density at radius 2 is 1.95 bits per heavy atom. The molecule has 0 fully saturated rings. The molecule has 0 radical (unpaired) electrons. The first-order valence-electron chi connectivity index (χ1n) is 4.90. The Balaban J connectivity index is 2.89. The molecule has 0 saturated carbocycles. The molecule has 0 spiro atoms. The summed E-state index contributed by atoms with van der Waals surface area (Å²) in [5.74, 6) is -0.853. The second kappa shape index (κ2) is 6.16. The molecule has 0 aliphatic heterocycles. The van der Waals surface area contributed by atoms with Gasteiger partial charge in [0, 0.05) is 0 Å². The zero-order valence-corrected chi connectivity index (χ0v) is 10.6. The quantitative estimate of drug-likeness (QED) is 0.280. The highest BCUT2D eigenvalue weighted by Crippen LogP contribution is 2.17. The molecule has 1 aromatic carbocycles. The average Bonchev–Trinajstić information content (AvgIpc) is 2.38. The maximum Gasteiger partial charge on any atom is 0.340 e. The summed E-state index contributed by atoms with van der Waals surface area (Å²) in [6.45, 7) is 0. The van der Waals surface area contributed by atoms with E-state index in [2.05, 4.69) is 15.0 Å². The molecule has 0 amide bonds. The summed E-state index contributed by atoms with van der Waals surface area (Å²) < 4.78 is 34.6. The number of nitrogens with zero attached hydrogens (tertiary/aromatic N) is 2. The van der Waals surface area contributed by atoms with Crippen LogP contribution in [0.5, 0.6) is 0 Å². The van der Waals surface area contributed by atoms with Crippen molar-refractivity contribution in [1.29, 1.82) is 0 Å². The van der Waals surface area contributed by atoms with Crippen molar-refractivity contribution in [2.45, 2.75) is 10.9 Å². The Kier molecular flexibility index (Phi) is 4.84. The number of hydrogen-bond acceptors (Lipinski definition) is 7. The lowest BCUT2D eigenvalue weighted by molar-refractivity contribution is -0.143. The molecule has 0 aromatic heterocycles. The van der Waals surface area contributed by atoms with E-state index in [-0.39, 0.29) is 16.9 Å². The Morgan fingerprint density at radius 3 is 2.37 bits per heavy atom. The average molecular weight is 286 g/mol. The van der Waals surface area contributed by atoms with Crippen LogP contribution >= 0.6 is 0 Å². The van der Waals surface area contributed by atoms with E-state index in [1.165, 1.54) is 12.1 Å². The monoisotopic (exact) mass is 286 g/mol. The third kappa shape index (κ3) is 4.23. The van der Waals surface area contributed by atoms with Crippen molar-refractivity contribution in [2.75, 3.05) is 7.11 Å². The molecule has 0 heterocycles. The number of aldehydes is 1. The second-order valence-electron chi connectivity index (χ2n) is 3.29. The molecule has 0 aliphatic carbocycles. The zero-order valence-electron chi connectivity index (χ0n) is 9.76. The summed E-state index contributed by atoms with van der Waals surface area (Å²) >= 11 is 0. The molecular weight excluding hydrogens is 276 g/mol. The SMILES string of the molecule is COC(=O)C(C=O)N=Nc1ccc(S(=O)(=O)O)cc1. The standard InChI is InChI=1S/C10H10N2O6S/c1-18-10(14)9(6-13)12-11-7-2-4-8(5-3-7)19(15,16)17/h2-6,9H,1H3,(H,15,16,17). The maximum atomic E-state index is 11.0. The molecule has 19 heavy (non-hydrogen) atoms. The number of benzene rings is 1. The molecule has 1 N–H and O–H groups in total. The highest BCUT2D eigenvalue weighted by atomic mass is 32.2. The molecule has 1 rings (SSSR count). The number of methoxy groups -OCH3 is 1. The maximum absolute atomic E-state index is 11.0. The molecule has 102 valence electrons. The van der Waals surface area contributed by atoms with Crippen LogP contribution in [0.25, 0.3) is 0 Å². The Hall–Kier alpha value is -2.13. The van der Waals surface area contributed by atoms with E-state index in [0.29, 0.717) is 0 Å². The minimum atomic E-state index is -4.28. The lowest BCUT2D eigenvalue weighted by Gasteiger charge is -2.00. The lowest BCUT2D eigenvalue weighted by atomic mass is 10.3. The largest absolute Gasteiger partial charge is 0.467 e. The predicted octanol–water partition coefficient (Wildman–Crippen LogP) is 0.757. The third-order valence-electron chi connectivity index (χ3n) is 2.00. The summed E-state index contributed by atoms with van der Waals surface area (Å²) in [6.07, 6.45) is 0.266. The van der Waals surface area contributed by atoms with E-state index in [4.69, 9.17) is 4.55 Å². The molecule has 1 atom stereocenters. The van der Waals surface area contributed by atoms with Gasteiger partial charge in [-0.2, -0.15) is 18.6 Å². The molecular formula is C10H10N2O6S. The molecule has 8 nitrogen and oxygen atoms in total. The van der Waals surface area contributed by atoms with E-state index in [0.717, 1.165) is 19.2 Å². The predicted molar refractivity (Wildman–Crippen MR) is 62.6 cm³/mol. The van der Waals surface area contributed by atoms with Gasteiger partial charge in [0.2, 0.25) is 6.04 Å². The lowest BCUT2D eigenvalue weighted by Crippen LogP contribution is -2.20. The number of hydrogen-bond donors (Lipinski definition) is 1. The first kappa shape index (κ1) is 14.9. The van der Waals surface area contributed by atoms with Crippen LogP contribution in [0.3, 0.4) is 0 Å². The number of carbonyl (C=O) groups is 2. The van der Waals surface area contributed by atoms with Gasteiger partial charge in [-0.15, -0.1) is 0 Å². The summed E-state index contributed by atoms with van der Waals surface area (Å²) in [4.78, 5) is 21.3. The Bertz CT molecular complexity index is 593. The molecule has 1 unspecified atom stereocenters. The van der Waals surface area contributed by atoms with E-state index in [9.17, 15) is 18.0 Å². The van der Waals surface area contributed by atoms with E-state index in [1.54, 1.807) is 0 Å². The Labute approximate surface area is 108 Å². The van der Waals surface area contributed by atoms with Gasteiger partial charge in [-0.1, -0.05) is 0 Å². The Morgan fingerprint density at radius 1 is 1.37 bits per heavy atom. The first-order valence-corrected chi connectivity index (χ1v) is 6.34. The molecule has 0 aliphatic rings. The number of rotatable bonds is 5. The molecule has 0 saturated heterocycles. The van der Waals surface area contributed by atoms with Crippen molar-refractivity contribution < 1.29 is 27.3 Å². The van der Waals surface area contributed by atoms with Crippen LogP contribution in [0.4, 0.5) is 5.69 Å². The van der Waals surface area contributed by atoms with Crippen LogP contribution < -0.4 is 0 Å². The first-order chi connectivity index (χ1) is 8.88. The van der Waals surface area contributed by atoms with Gasteiger partial charge < -0.3 is 9.53 Å². The fourth-order valence-corrected chi connectivity index (χ4v) is 1.54. The van der Waals surface area contributed by atoms with Crippen LogP contribution in [0.1, 0.15) is 0 Å². The second-order valence-corrected chi connectivity index (χ2v) is 4.71. The van der Waals surface area contributed by atoms with Crippen molar-refractivity contribution >= 4 is 28.1 Å². The normalized spacial score (nSPS) is 13.2. The summed E-state index contributed by atoms with van der Waals surface area (Å²) in [5.41, 5.74) is 0.211. The minimum Gasteiger partial charge on any atom is -0.467 e. The van der Waals surface area contributed by atoms with Crippen LogP contribution in [0, 0.1) is 0 Å². The topological polar surface area (TPSA) is 122 Å². The molecule has 1 aromatic rings. The van der Waals surface area contributed by atoms with Gasteiger partial charge in [-0.25, -0.2) is 4.79 Å². The summed E-state index contributed by atoms with van der Waals surface area (Å²) in [7, 11) is -3.17. The fraction of sp³-hybridized carbons (Fsp3) is 0.200. The summed E-state index contributed by atoms with van der Waals surface area (Å²) in [6, 6.07) is 3.36. The summed E-state index contributed by atoms with van der Waals surface area (Å²) in [5, 5.41) is 7.03. The van der Waals surface area contributed by atoms with Crippen LogP contribution in [0.15, 0.2) is 39.4 Å². The van der Waals surface area contributed by atoms with E-state index >= 15 is 0 Å². The van der Waals surface area contributed by atoms with Crippen LogP contribution in [-0.2, 0) is 24.4 Å². The molecule has 0 bridgehead atoms. The highest BCUT2D eigenvalue weighted by Gasteiger charge is 2.16. The van der Waals surface area contributed by atoms with Gasteiger partial charge in [0.05, 0.1) is 17.7 Å². The highest BCUT2D eigenvalue weighted by molar-refractivity contribution is 7.85. The van der Waals surface area contributed by atoms with Gasteiger partial charge in [0.25, 0.3) is 10.1 Å². The fourth-order valence-electron chi connectivity index (χ4n) is 1.06. The van der Waals surface area contributed by atoms with Crippen molar-refractivity contribution in [1.82, 2.24) is 0 Å². The van der Waals surface area contributed by atoms with Gasteiger partial charge in [-0.3, -0.25) is 4.55 Å². The number of carbonyl (C=O) groups excluding carboxylic acids is 2.